The summed E-state index contributed by atoms with van der Waals surface area (Å²) in [7, 11) is 0. The Balaban J connectivity index is 3.05. The lowest BCUT2D eigenvalue weighted by atomic mass is 10.7. The van der Waals surface area contributed by atoms with Gasteiger partial charge in [-0.15, -0.1) is 11.3 Å². The van der Waals surface area contributed by atoms with E-state index < -0.39 is 0 Å². The quantitative estimate of drug-likeness (QED) is 0.487. The smallest absolute Gasteiger partial charge is 0.0651 e. The molecule has 1 rings (SSSR count). The summed E-state index contributed by atoms with van der Waals surface area (Å²) in [6, 6.07) is 1.69. The van der Waals surface area contributed by atoms with Gasteiger partial charge in [0.05, 0.1) is 10.4 Å². The SMILES string of the molecule is Clc1[c]s[c]c1. The predicted octanol–water partition coefficient (Wildman–Crippen LogP) is 2.00. The number of hydrogen-bond donors (Lipinski definition) is 0. The Hall–Kier alpha value is -0.0100. The van der Waals surface area contributed by atoms with E-state index in [0.717, 1.165) is 0 Å². The second-order valence-corrected chi connectivity index (χ2v) is 1.87. The minimum Gasteiger partial charge on any atom is -0.132 e. The highest BCUT2D eigenvalue weighted by Crippen LogP contribution is 2.08. The zero-order valence-electron chi connectivity index (χ0n) is 2.86. The lowest BCUT2D eigenvalue weighted by Gasteiger charge is -1.60. The Morgan fingerprint density at radius 3 is 2.83 bits per heavy atom. The minimum absolute atomic E-state index is 0.653. The van der Waals surface area contributed by atoms with Crippen LogP contribution >= 0.6 is 22.9 Å². The Bertz CT molecular complexity index is 111. The molecule has 0 saturated carbocycles. The summed E-state index contributed by atoms with van der Waals surface area (Å²) < 4.78 is 0. The first-order valence-electron chi connectivity index (χ1n) is 1.42. The molecule has 0 aliphatic rings. The van der Waals surface area contributed by atoms with Crippen LogP contribution in [0.5, 0.6) is 0 Å². The van der Waals surface area contributed by atoms with Crippen LogP contribution < -0.4 is 0 Å². The van der Waals surface area contributed by atoms with Crippen LogP contribution in [-0.4, -0.2) is 0 Å². The fourth-order valence-corrected chi connectivity index (χ4v) is 0.816. The average Bonchev–Trinajstić information content (AvgIpc) is 1.86. The molecule has 2 heteroatoms. The summed E-state index contributed by atoms with van der Waals surface area (Å²) in [6.07, 6.45) is 0. The number of hydrogen-bond acceptors (Lipinski definition) is 1. The highest BCUT2D eigenvalue weighted by atomic mass is 35.5. The molecule has 0 fully saturated rings. The molecule has 0 saturated heterocycles. The van der Waals surface area contributed by atoms with Gasteiger partial charge >= 0.3 is 0 Å². The van der Waals surface area contributed by atoms with E-state index in [4.69, 9.17) is 11.6 Å². The highest BCUT2D eigenvalue weighted by Gasteiger charge is 1.79. The van der Waals surface area contributed by atoms with Gasteiger partial charge in [-0.05, 0) is 6.07 Å². The van der Waals surface area contributed by atoms with Gasteiger partial charge in [-0.3, -0.25) is 0 Å². The molecule has 0 atom stereocenters. The first kappa shape index (κ1) is 4.16. The normalized spacial score (nSPS) is 8.83. The van der Waals surface area contributed by atoms with Crippen molar-refractivity contribution < 1.29 is 0 Å². The molecule has 1 aromatic heterocycles. The molecule has 6 heavy (non-hydrogen) atoms. The molecule has 2 radical (unpaired) electrons. The first-order chi connectivity index (χ1) is 2.89. The van der Waals surface area contributed by atoms with Crippen LogP contribution in [0.4, 0.5) is 0 Å². The van der Waals surface area contributed by atoms with Crippen molar-refractivity contribution in [3.05, 3.63) is 21.8 Å². The fraction of sp³-hybridized carbons (Fsp3) is 0. The summed E-state index contributed by atoms with van der Waals surface area (Å²) in [5.41, 5.74) is 0. The summed E-state index contributed by atoms with van der Waals surface area (Å²) in [4.78, 5) is 0. The van der Waals surface area contributed by atoms with Crippen LogP contribution in [0, 0.1) is 10.8 Å². The summed E-state index contributed by atoms with van der Waals surface area (Å²) in [5.74, 6) is 0. The van der Waals surface area contributed by atoms with Gasteiger partial charge in [0.1, 0.15) is 0 Å². The Morgan fingerprint density at radius 1 is 1.83 bits per heavy atom. The second kappa shape index (κ2) is 1.63. The Morgan fingerprint density at radius 2 is 2.67 bits per heavy atom. The molecule has 0 aliphatic heterocycles. The van der Waals surface area contributed by atoms with E-state index in [1.807, 2.05) is 0 Å². The van der Waals surface area contributed by atoms with Crippen molar-refractivity contribution in [1.29, 1.82) is 0 Å². The molecule has 0 unspecified atom stereocenters. The van der Waals surface area contributed by atoms with Crippen molar-refractivity contribution in [2.75, 3.05) is 0 Å². The molecular weight excluding hydrogens is 116 g/mol. The monoisotopic (exact) mass is 116 g/mol. The zero-order chi connectivity index (χ0) is 4.41. The van der Waals surface area contributed by atoms with E-state index in [-0.39, 0.29) is 0 Å². The maximum absolute atomic E-state index is 5.38. The lowest BCUT2D eigenvalue weighted by molar-refractivity contribution is 1.98. The fourth-order valence-electron chi connectivity index (χ4n) is 0.189. The van der Waals surface area contributed by atoms with Gasteiger partial charge in [0, 0.05) is 5.38 Å². The molecule has 0 N–H and O–H groups in total. The van der Waals surface area contributed by atoms with E-state index in [0.29, 0.717) is 5.02 Å². The van der Waals surface area contributed by atoms with Crippen molar-refractivity contribution in [3.63, 3.8) is 0 Å². The van der Waals surface area contributed by atoms with E-state index >= 15 is 0 Å². The van der Waals surface area contributed by atoms with Gasteiger partial charge in [0.2, 0.25) is 0 Å². The molecule has 1 heterocycles. The van der Waals surface area contributed by atoms with Crippen LogP contribution in [0.1, 0.15) is 0 Å². The molecule has 30 valence electrons. The standard InChI is InChI=1S/C4HClS/c5-4-1-2-6-3-4/h1H. The average molecular weight is 117 g/mol. The van der Waals surface area contributed by atoms with Crippen LogP contribution in [0.3, 0.4) is 0 Å². The van der Waals surface area contributed by atoms with E-state index in [2.05, 4.69) is 10.8 Å². The predicted molar refractivity (Wildman–Crippen MR) is 27.0 cm³/mol. The van der Waals surface area contributed by atoms with E-state index in [1.165, 1.54) is 11.3 Å². The molecule has 0 aromatic carbocycles. The van der Waals surface area contributed by atoms with E-state index in [1.54, 1.807) is 6.07 Å². The number of halogens is 1. The summed E-state index contributed by atoms with van der Waals surface area (Å²) in [6.45, 7) is 0. The molecule has 0 spiro atoms. The number of rotatable bonds is 0. The molecule has 1 aromatic rings. The molecule has 0 bridgehead atoms. The van der Waals surface area contributed by atoms with Crippen LogP contribution in [-0.2, 0) is 0 Å². The third-order valence-corrected chi connectivity index (χ3v) is 1.27. The highest BCUT2D eigenvalue weighted by molar-refractivity contribution is 7.07. The molecular formula is C4HClS. The van der Waals surface area contributed by atoms with Crippen LogP contribution in [0.25, 0.3) is 0 Å². The van der Waals surface area contributed by atoms with Crippen LogP contribution in [0.15, 0.2) is 6.07 Å². The molecule has 0 aliphatic carbocycles. The van der Waals surface area contributed by atoms with Gasteiger partial charge in [0.25, 0.3) is 0 Å². The molecule has 0 amide bonds. The second-order valence-electron chi connectivity index (χ2n) is 0.814. The van der Waals surface area contributed by atoms with Crippen molar-refractivity contribution >= 4 is 22.9 Å². The van der Waals surface area contributed by atoms with Gasteiger partial charge < -0.3 is 0 Å². The Labute approximate surface area is 45.4 Å². The minimum atomic E-state index is 0.653. The third-order valence-electron chi connectivity index (χ3n) is 0.393. The molecule has 0 nitrogen and oxygen atoms in total. The van der Waals surface area contributed by atoms with Gasteiger partial charge in [-0.1, -0.05) is 11.6 Å². The van der Waals surface area contributed by atoms with Gasteiger partial charge in [-0.2, -0.15) is 0 Å². The lowest BCUT2D eigenvalue weighted by Crippen LogP contribution is -1.35. The summed E-state index contributed by atoms with van der Waals surface area (Å²) >= 11 is 6.74. The summed E-state index contributed by atoms with van der Waals surface area (Å²) in [5, 5.41) is 6.19. The van der Waals surface area contributed by atoms with E-state index in [9.17, 15) is 0 Å². The van der Waals surface area contributed by atoms with Gasteiger partial charge in [0.15, 0.2) is 0 Å². The maximum atomic E-state index is 5.38. The van der Waals surface area contributed by atoms with Gasteiger partial charge in [-0.25, -0.2) is 0 Å². The third kappa shape index (κ3) is 0.730. The van der Waals surface area contributed by atoms with Crippen molar-refractivity contribution in [2.24, 2.45) is 0 Å². The Kier molecular flexibility index (Phi) is 1.13. The van der Waals surface area contributed by atoms with Crippen LogP contribution in [0.2, 0.25) is 5.02 Å². The largest absolute Gasteiger partial charge is 0.132 e. The van der Waals surface area contributed by atoms with Crippen molar-refractivity contribution in [2.45, 2.75) is 0 Å². The topological polar surface area (TPSA) is 0 Å². The first-order valence-corrected chi connectivity index (χ1v) is 2.62. The van der Waals surface area contributed by atoms with Crippen molar-refractivity contribution in [3.8, 4) is 0 Å². The number of thiophene rings is 1. The maximum Gasteiger partial charge on any atom is 0.0651 e. The zero-order valence-corrected chi connectivity index (χ0v) is 4.44. The van der Waals surface area contributed by atoms with Crippen molar-refractivity contribution in [1.82, 2.24) is 0 Å².